The van der Waals surface area contributed by atoms with Crippen molar-refractivity contribution < 1.29 is 99.3 Å². The summed E-state index contributed by atoms with van der Waals surface area (Å²) in [5.41, 5.74) is 0. The molecule has 0 bridgehead atoms. The molecule has 230 valence electrons. The van der Waals surface area contributed by atoms with E-state index in [4.69, 9.17) is 23.7 Å². The molecule has 0 spiro atoms. The molecule has 3 heterocycles. The zero-order chi connectivity index (χ0) is 30.3. The Balaban J connectivity index is 1.86. The van der Waals surface area contributed by atoms with E-state index in [9.17, 15) is 75.7 Å². The van der Waals surface area contributed by atoms with Crippen LogP contribution >= 0.6 is 0 Å². The lowest BCUT2D eigenvalue weighted by molar-refractivity contribution is -0.365. The van der Waals surface area contributed by atoms with Crippen LogP contribution < -0.4 is 0 Å². The molecule has 20 nitrogen and oxygen atoms in total. The van der Waals surface area contributed by atoms with Crippen molar-refractivity contribution in [3.63, 3.8) is 0 Å². The number of rotatable bonds is 9. The summed E-state index contributed by atoms with van der Waals surface area (Å²) in [6, 6.07) is 0. The fourth-order valence-corrected chi connectivity index (χ4v) is 4.41. The van der Waals surface area contributed by atoms with E-state index < -0.39 is 123 Å². The second-order valence-electron chi connectivity index (χ2n) is 9.37. The summed E-state index contributed by atoms with van der Waals surface area (Å²) in [6.07, 6.45) is -30.6. The molecule has 12 N–H and O–H groups in total. The minimum Gasteiger partial charge on any atom is -0.479 e. The molecule has 3 aliphatic heterocycles. The van der Waals surface area contributed by atoms with Crippen LogP contribution in [0.1, 0.15) is 6.42 Å². The standard InChI is InChI=1S/C20H30O20/c21-2-4(37-18-11(28)7(24)9(26)14(39-18)16(31)32)12-5(22)3(1-20(35,40-12)19(33)34)36-17-10(27)6(23)8(25)13(38-17)15(29)30/h3-14,17-18,21-28,35H,1-2H2,(H,29,30)(H,31,32)(H,33,34)/t3-,4+,5-,6+,7+,8-,9-,10-,11-,12-,13+,14+,17+,18+,20+/m1/s1. The van der Waals surface area contributed by atoms with Crippen molar-refractivity contribution in [3.05, 3.63) is 0 Å². The van der Waals surface area contributed by atoms with Gasteiger partial charge in [-0.15, -0.1) is 0 Å². The maximum absolute atomic E-state index is 11.8. The molecule has 3 saturated heterocycles. The molecule has 0 radical (unpaired) electrons. The molecular weight excluding hydrogens is 560 g/mol. The Morgan fingerprint density at radius 2 is 1.23 bits per heavy atom. The van der Waals surface area contributed by atoms with Gasteiger partial charge < -0.3 is 85.0 Å². The Morgan fingerprint density at radius 3 is 1.68 bits per heavy atom. The van der Waals surface area contributed by atoms with Gasteiger partial charge in [0.15, 0.2) is 24.8 Å². The van der Waals surface area contributed by atoms with Crippen molar-refractivity contribution in [2.45, 2.75) is 98.0 Å². The van der Waals surface area contributed by atoms with E-state index in [0.717, 1.165) is 0 Å². The van der Waals surface area contributed by atoms with Gasteiger partial charge in [0.1, 0.15) is 54.9 Å². The predicted octanol–water partition coefficient (Wildman–Crippen LogP) is -7.54. The van der Waals surface area contributed by atoms with Gasteiger partial charge in [-0.25, -0.2) is 14.4 Å². The molecule has 20 heteroatoms. The van der Waals surface area contributed by atoms with Crippen molar-refractivity contribution in [2.75, 3.05) is 6.61 Å². The topological polar surface area (TPSA) is 340 Å². The molecule has 0 aromatic heterocycles. The van der Waals surface area contributed by atoms with Crippen molar-refractivity contribution >= 4 is 17.9 Å². The van der Waals surface area contributed by atoms with E-state index in [1.807, 2.05) is 0 Å². The van der Waals surface area contributed by atoms with Crippen LogP contribution in [-0.4, -0.2) is 177 Å². The Morgan fingerprint density at radius 1 is 0.750 bits per heavy atom. The van der Waals surface area contributed by atoms with Gasteiger partial charge in [0.25, 0.3) is 5.79 Å². The van der Waals surface area contributed by atoms with Gasteiger partial charge in [0, 0.05) is 6.42 Å². The van der Waals surface area contributed by atoms with Gasteiger partial charge in [-0.1, -0.05) is 0 Å². The van der Waals surface area contributed by atoms with Crippen LogP contribution in [0, 0.1) is 0 Å². The highest BCUT2D eigenvalue weighted by molar-refractivity contribution is 5.75. The zero-order valence-electron chi connectivity index (χ0n) is 20.1. The van der Waals surface area contributed by atoms with Crippen molar-refractivity contribution in [1.82, 2.24) is 0 Å². The first-order chi connectivity index (χ1) is 18.5. The number of carboxylic acid groups (broad SMARTS) is 3. The Hall–Kier alpha value is -2.15. The number of carbonyl (C=O) groups is 3. The highest BCUT2D eigenvalue weighted by Gasteiger charge is 2.57. The second kappa shape index (κ2) is 12.4. The predicted molar refractivity (Wildman–Crippen MR) is 114 cm³/mol. The van der Waals surface area contributed by atoms with Gasteiger partial charge in [-0.3, -0.25) is 0 Å². The summed E-state index contributed by atoms with van der Waals surface area (Å²) in [4.78, 5) is 34.5. The number of hydrogen-bond acceptors (Lipinski definition) is 17. The quantitative estimate of drug-likeness (QED) is 0.119. The van der Waals surface area contributed by atoms with E-state index in [2.05, 4.69) is 0 Å². The largest absolute Gasteiger partial charge is 0.479 e. The highest BCUT2D eigenvalue weighted by atomic mass is 16.7. The average molecular weight is 590 g/mol. The average Bonchev–Trinajstić information content (AvgIpc) is 2.88. The SMILES string of the molecule is O=C(O)[C@H]1O[C@H](O[C@@H]2C[C@@](O)(C(=O)O)O[C@H]([C@H](CO)O[C@H]3O[C@H](C(=O)O)[C@H](O)[C@H](O)[C@H]3O)[C@@H]2O)[C@H](O)[C@@H](O)[C@H]1O. The van der Waals surface area contributed by atoms with E-state index in [1.165, 1.54) is 0 Å². The third-order valence-electron chi connectivity index (χ3n) is 6.65. The van der Waals surface area contributed by atoms with Crippen LogP contribution in [0.25, 0.3) is 0 Å². The van der Waals surface area contributed by atoms with Gasteiger partial charge in [0.2, 0.25) is 0 Å². The zero-order valence-corrected chi connectivity index (χ0v) is 20.1. The van der Waals surface area contributed by atoms with Gasteiger partial charge in [-0.2, -0.15) is 0 Å². The minimum atomic E-state index is -3.21. The Bertz CT molecular complexity index is 932. The Kier molecular flexibility index (Phi) is 10.0. The first kappa shape index (κ1) is 32.4. The van der Waals surface area contributed by atoms with Crippen molar-refractivity contribution in [1.29, 1.82) is 0 Å². The summed E-state index contributed by atoms with van der Waals surface area (Å²) in [6.45, 7) is -1.19. The summed E-state index contributed by atoms with van der Waals surface area (Å²) in [5.74, 6) is -8.84. The molecule has 3 rings (SSSR count). The first-order valence-electron chi connectivity index (χ1n) is 11.6. The summed E-state index contributed by atoms with van der Waals surface area (Å²) in [5, 5.41) is 119. The second-order valence-corrected chi connectivity index (χ2v) is 9.37. The van der Waals surface area contributed by atoms with Gasteiger partial charge >= 0.3 is 17.9 Å². The lowest BCUT2D eigenvalue weighted by Crippen LogP contribution is -2.66. The van der Waals surface area contributed by atoms with Crippen LogP contribution in [0.4, 0.5) is 0 Å². The summed E-state index contributed by atoms with van der Waals surface area (Å²) in [7, 11) is 0. The molecule has 0 aromatic rings. The summed E-state index contributed by atoms with van der Waals surface area (Å²) >= 11 is 0. The number of hydrogen-bond donors (Lipinski definition) is 12. The highest BCUT2D eigenvalue weighted by Crippen LogP contribution is 2.35. The lowest BCUT2D eigenvalue weighted by Gasteiger charge is -2.47. The van der Waals surface area contributed by atoms with E-state index in [1.54, 1.807) is 0 Å². The molecule has 0 saturated carbocycles. The number of carboxylic acids is 3. The van der Waals surface area contributed by atoms with E-state index in [0.29, 0.717) is 0 Å². The van der Waals surface area contributed by atoms with Crippen LogP contribution in [0.3, 0.4) is 0 Å². The summed E-state index contributed by atoms with van der Waals surface area (Å²) < 4.78 is 25.4. The fraction of sp³-hybridized carbons (Fsp3) is 0.850. The Labute approximate surface area is 222 Å². The molecule has 0 aromatic carbocycles. The number of aliphatic hydroxyl groups excluding tert-OH is 8. The molecule has 40 heavy (non-hydrogen) atoms. The van der Waals surface area contributed by atoms with Crippen molar-refractivity contribution in [3.8, 4) is 0 Å². The van der Waals surface area contributed by atoms with Gasteiger partial charge in [0.05, 0.1) is 12.7 Å². The maximum atomic E-state index is 11.8. The number of aliphatic hydroxyl groups is 9. The maximum Gasteiger partial charge on any atom is 0.364 e. The third kappa shape index (κ3) is 6.19. The number of aliphatic carboxylic acids is 3. The molecule has 0 unspecified atom stereocenters. The van der Waals surface area contributed by atoms with Gasteiger partial charge in [-0.05, 0) is 0 Å². The lowest BCUT2D eigenvalue weighted by atomic mass is 9.91. The van der Waals surface area contributed by atoms with Crippen LogP contribution in [0.2, 0.25) is 0 Å². The third-order valence-corrected chi connectivity index (χ3v) is 6.65. The molecular formula is C20H30O20. The monoisotopic (exact) mass is 590 g/mol. The first-order valence-corrected chi connectivity index (χ1v) is 11.6. The van der Waals surface area contributed by atoms with E-state index >= 15 is 0 Å². The van der Waals surface area contributed by atoms with Crippen molar-refractivity contribution in [2.24, 2.45) is 0 Å². The normalized spacial score (nSPS) is 46.9. The van der Waals surface area contributed by atoms with Crippen LogP contribution in [0.15, 0.2) is 0 Å². The van der Waals surface area contributed by atoms with Crippen LogP contribution in [0.5, 0.6) is 0 Å². The fourth-order valence-electron chi connectivity index (χ4n) is 4.41. The molecule has 15 atom stereocenters. The minimum absolute atomic E-state index is 1.12. The molecule has 0 amide bonds. The van der Waals surface area contributed by atoms with E-state index in [-0.39, 0.29) is 0 Å². The smallest absolute Gasteiger partial charge is 0.364 e. The molecule has 3 fully saturated rings. The molecule has 0 aliphatic carbocycles. The number of ether oxygens (including phenoxy) is 5. The molecule has 3 aliphatic rings. The van der Waals surface area contributed by atoms with Crippen LogP contribution in [-0.2, 0) is 38.1 Å².